The van der Waals surface area contributed by atoms with E-state index < -0.39 is 5.60 Å². The average molecular weight is 266 g/mol. The smallest absolute Gasteiger partial charge is 0.255 e. The van der Waals surface area contributed by atoms with E-state index in [2.05, 4.69) is 5.32 Å². The van der Waals surface area contributed by atoms with Gasteiger partial charge in [0.15, 0.2) is 5.75 Å². The Morgan fingerprint density at radius 2 is 2.11 bits per heavy atom. The molecule has 0 aliphatic carbocycles. The third-order valence-electron chi connectivity index (χ3n) is 2.81. The standard InChI is InChI=1S/C14H22N2O3/c1-5-19-12-10(7-6-8-11(12)15)13(17)16-9-14(2,3)18-4/h6-8H,5,9,15H2,1-4H3,(H,16,17). The molecule has 0 atom stereocenters. The van der Waals surface area contributed by atoms with E-state index in [9.17, 15) is 4.79 Å². The first kappa shape index (κ1) is 15.3. The number of carbonyl (C=O) groups is 1. The Kier molecular flexibility index (Phi) is 5.18. The molecule has 0 unspecified atom stereocenters. The number of rotatable bonds is 6. The molecule has 0 radical (unpaired) electrons. The lowest BCUT2D eigenvalue weighted by Gasteiger charge is -2.23. The van der Waals surface area contributed by atoms with E-state index in [1.807, 2.05) is 20.8 Å². The lowest BCUT2D eigenvalue weighted by atomic mass is 10.1. The number of hydrogen-bond donors (Lipinski definition) is 2. The first-order chi connectivity index (χ1) is 8.91. The van der Waals surface area contributed by atoms with Crippen LogP contribution in [0.15, 0.2) is 18.2 Å². The number of nitrogens with one attached hydrogen (secondary N) is 1. The van der Waals surface area contributed by atoms with Gasteiger partial charge in [0.1, 0.15) is 0 Å². The van der Waals surface area contributed by atoms with Crippen molar-refractivity contribution in [2.75, 3.05) is 26.0 Å². The Hall–Kier alpha value is -1.75. The highest BCUT2D eigenvalue weighted by molar-refractivity contribution is 5.98. The van der Waals surface area contributed by atoms with Gasteiger partial charge in [0, 0.05) is 13.7 Å². The fourth-order valence-electron chi connectivity index (χ4n) is 1.50. The molecule has 0 saturated carbocycles. The summed E-state index contributed by atoms with van der Waals surface area (Å²) in [7, 11) is 1.61. The number of ether oxygens (including phenoxy) is 2. The van der Waals surface area contributed by atoms with Gasteiger partial charge in [-0.2, -0.15) is 0 Å². The van der Waals surface area contributed by atoms with Gasteiger partial charge in [-0.05, 0) is 32.9 Å². The minimum Gasteiger partial charge on any atom is -0.491 e. The van der Waals surface area contributed by atoms with Crippen LogP contribution in [-0.2, 0) is 4.74 Å². The van der Waals surface area contributed by atoms with Crippen molar-refractivity contribution in [2.45, 2.75) is 26.4 Å². The number of hydrogen-bond acceptors (Lipinski definition) is 4. The highest BCUT2D eigenvalue weighted by Gasteiger charge is 2.20. The van der Waals surface area contributed by atoms with Crippen LogP contribution in [0.4, 0.5) is 5.69 Å². The van der Waals surface area contributed by atoms with E-state index in [1.165, 1.54) is 0 Å². The summed E-state index contributed by atoms with van der Waals surface area (Å²) >= 11 is 0. The largest absolute Gasteiger partial charge is 0.491 e. The minimum absolute atomic E-state index is 0.221. The van der Waals surface area contributed by atoms with Gasteiger partial charge in [0.05, 0.1) is 23.5 Å². The normalized spacial score (nSPS) is 11.2. The molecule has 0 aliphatic rings. The van der Waals surface area contributed by atoms with Crippen LogP contribution < -0.4 is 15.8 Å². The van der Waals surface area contributed by atoms with E-state index in [0.717, 1.165) is 0 Å². The van der Waals surface area contributed by atoms with Crippen molar-refractivity contribution in [1.82, 2.24) is 5.32 Å². The molecule has 1 aromatic rings. The summed E-state index contributed by atoms with van der Waals surface area (Å²) in [6.07, 6.45) is 0. The van der Waals surface area contributed by atoms with Crippen molar-refractivity contribution in [1.29, 1.82) is 0 Å². The minimum atomic E-state index is -0.415. The zero-order valence-electron chi connectivity index (χ0n) is 11.9. The van der Waals surface area contributed by atoms with Gasteiger partial charge in [-0.1, -0.05) is 6.07 Å². The molecule has 19 heavy (non-hydrogen) atoms. The summed E-state index contributed by atoms with van der Waals surface area (Å²) in [4.78, 5) is 12.2. The van der Waals surface area contributed by atoms with Crippen molar-refractivity contribution < 1.29 is 14.3 Å². The molecule has 0 bridgehead atoms. The van der Waals surface area contributed by atoms with Crippen molar-refractivity contribution >= 4 is 11.6 Å². The number of carbonyl (C=O) groups excluding carboxylic acids is 1. The van der Waals surface area contributed by atoms with Gasteiger partial charge in [0.2, 0.25) is 0 Å². The molecule has 0 fully saturated rings. The Balaban J connectivity index is 2.85. The lowest BCUT2D eigenvalue weighted by Crippen LogP contribution is -2.39. The second kappa shape index (κ2) is 6.43. The molecule has 0 aromatic heterocycles. The first-order valence-electron chi connectivity index (χ1n) is 6.26. The Morgan fingerprint density at radius 3 is 2.68 bits per heavy atom. The summed E-state index contributed by atoms with van der Waals surface area (Å²) in [6, 6.07) is 5.13. The van der Waals surface area contributed by atoms with Crippen molar-refractivity contribution in [3.05, 3.63) is 23.8 Å². The van der Waals surface area contributed by atoms with Crippen LogP contribution in [-0.4, -0.2) is 31.8 Å². The van der Waals surface area contributed by atoms with Crippen LogP contribution in [0, 0.1) is 0 Å². The van der Waals surface area contributed by atoms with Crippen LogP contribution in [0.2, 0.25) is 0 Å². The van der Waals surface area contributed by atoms with Gasteiger partial charge in [-0.3, -0.25) is 4.79 Å². The van der Waals surface area contributed by atoms with Gasteiger partial charge in [-0.15, -0.1) is 0 Å². The molecular formula is C14H22N2O3. The number of methoxy groups -OCH3 is 1. The quantitative estimate of drug-likeness (QED) is 0.770. The van der Waals surface area contributed by atoms with E-state index in [1.54, 1.807) is 25.3 Å². The number of amides is 1. The second-order valence-corrected chi connectivity index (χ2v) is 4.80. The molecule has 0 saturated heterocycles. The second-order valence-electron chi connectivity index (χ2n) is 4.80. The molecule has 5 heteroatoms. The SMILES string of the molecule is CCOc1c(N)cccc1C(=O)NCC(C)(C)OC. The summed E-state index contributed by atoms with van der Waals surface area (Å²) in [5, 5.41) is 2.82. The molecule has 1 amide bonds. The highest BCUT2D eigenvalue weighted by Crippen LogP contribution is 2.26. The lowest BCUT2D eigenvalue weighted by molar-refractivity contribution is 0.0228. The van der Waals surface area contributed by atoms with Crippen LogP contribution in [0.1, 0.15) is 31.1 Å². The molecule has 1 aromatic carbocycles. The summed E-state index contributed by atoms with van der Waals surface area (Å²) in [6.45, 7) is 6.51. The van der Waals surface area contributed by atoms with Crippen LogP contribution in [0.25, 0.3) is 0 Å². The predicted molar refractivity (Wildman–Crippen MR) is 75.4 cm³/mol. The van der Waals surface area contributed by atoms with Gasteiger partial charge < -0.3 is 20.5 Å². The van der Waals surface area contributed by atoms with E-state index >= 15 is 0 Å². The number of nitrogen functional groups attached to an aromatic ring is 1. The average Bonchev–Trinajstić information content (AvgIpc) is 2.38. The van der Waals surface area contributed by atoms with Crippen LogP contribution in [0.3, 0.4) is 0 Å². The zero-order chi connectivity index (χ0) is 14.5. The summed E-state index contributed by atoms with van der Waals surface area (Å²) < 4.78 is 10.7. The first-order valence-corrected chi connectivity index (χ1v) is 6.26. The monoisotopic (exact) mass is 266 g/mol. The number of benzene rings is 1. The number of anilines is 1. The molecule has 1 rings (SSSR count). The number of nitrogens with two attached hydrogens (primary N) is 1. The Morgan fingerprint density at radius 1 is 1.42 bits per heavy atom. The molecular weight excluding hydrogens is 244 g/mol. The maximum atomic E-state index is 12.2. The fraction of sp³-hybridized carbons (Fsp3) is 0.500. The van der Waals surface area contributed by atoms with Gasteiger partial charge >= 0.3 is 0 Å². The van der Waals surface area contributed by atoms with Crippen molar-refractivity contribution in [3.63, 3.8) is 0 Å². The topological polar surface area (TPSA) is 73.6 Å². The number of para-hydroxylation sites is 1. The molecule has 0 heterocycles. The van der Waals surface area contributed by atoms with Gasteiger partial charge in [0.25, 0.3) is 5.91 Å². The summed E-state index contributed by atoms with van der Waals surface area (Å²) in [5.74, 6) is 0.207. The maximum absolute atomic E-state index is 12.2. The maximum Gasteiger partial charge on any atom is 0.255 e. The van der Waals surface area contributed by atoms with E-state index in [4.69, 9.17) is 15.2 Å². The molecule has 5 nitrogen and oxygen atoms in total. The fourth-order valence-corrected chi connectivity index (χ4v) is 1.50. The third-order valence-corrected chi connectivity index (χ3v) is 2.81. The Bertz CT molecular complexity index is 444. The molecule has 3 N–H and O–H groups in total. The van der Waals surface area contributed by atoms with Crippen LogP contribution >= 0.6 is 0 Å². The summed E-state index contributed by atoms with van der Waals surface area (Å²) in [5.41, 5.74) is 6.31. The van der Waals surface area contributed by atoms with E-state index in [-0.39, 0.29) is 5.91 Å². The molecule has 0 spiro atoms. The highest BCUT2D eigenvalue weighted by atomic mass is 16.5. The van der Waals surface area contributed by atoms with Crippen molar-refractivity contribution in [3.8, 4) is 5.75 Å². The zero-order valence-corrected chi connectivity index (χ0v) is 11.9. The molecule has 106 valence electrons. The third kappa shape index (κ3) is 4.13. The molecule has 0 aliphatic heterocycles. The van der Waals surface area contributed by atoms with E-state index in [0.29, 0.717) is 30.2 Å². The van der Waals surface area contributed by atoms with Crippen LogP contribution in [0.5, 0.6) is 5.75 Å². The van der Waals surface area contributed by atoms with Crippen molar-refractivity contribution in [2.24, 2.45) is 0 Å². The predicted octanol–water partition coefficient (Wildman–Crippen LogP) is 1.82. The Labute approximate surface area is 114 Å². The van der Waals surface area contributed by atoms with Gasteiger partial charge in [-0.25, -0.2) is 0 Å².